The van der Waals surface area contributed by atoms with Crippen LogP contribution >= 0.6 is 0 Å². The highest BCUT2D eigenvalue weighted by Crippen LogP contribution is 2.32. The average Bonchev–Trinajstić information content (AvgIpc) is 3.38. The first kappa shape index (κ1) is 24.9. The van der Waals surface area contributed by atoms with Gasteiger partial charge in [0.1, 0.15) is 5.41 Å². The van der Waals surface area contributed by atoms with Crippen molar-refractivity contribution in [1.82, 2.24) is 14.5 Å². The Morgan fingerprint density at radius 3 is 2.47 bits per heavy atom. The minimum Gasteiger partial charge on any atom is -0.481 e. The molecule has 2 aromatic rings. The largest absolute Gasteiger partial charge is 0.490 e. The zero-order valence-corrected chi connectivity index (χ0v) is 17.1. The van der Waals surface area contributed by atoms with E-state index in [0.29, 0.717) is 25.1 Å². The van der Waals surface area contributed by atoms with Gasteiger partial charge in [0.15, 0.2) is 0 Å². The van der Waals surface area contributed by atoms with Crippen LogP contribution in [0.25, 0.3) is 0 Å². The van der Waals surface area contributed by atoms with Gasteiger partial charge in [-0.25, -0.2) is 9.78 Å². The van der Waals surface area contributed by atoms with Crippen molar-refractivity contribution in [1.29, 1.82) is 0 Å². The highest BCUT2D eigenvalue weighted by molar-refractivity contribution is 5.95. The standard InChI is InChI=1S/C18H21N3O4.C2HF3O2/c1-25-12-18(17(23)24)5-7-21(11-18)16(22)15-4-2-3-14(9-15)10-20-8-6-19-13-20;3-2(4,5)1(6)7/h2-4,6,8-9,13H,5,7,10-12H2,1H3,(H,23,24);(H,6,7). The molecule has 1 saturated heterocycles. The molecule has 1 amide bonds. The number of carbonyl (C=O) groups is 3. The molecule has 1 aromatic heterocycles. The molecule has 1 atom stereocenters. The van der Waals surface area contributed by atoms with Crippen LogP contribution < -0.4 is 0 Å². The summed E-state index contributed by atoms with van der Waals surface area (Å²) in [5.74, 6) is -3.82. The van der Waals surface area contributed by atoms with E-state index in [0.717, 1.165) is 5.56 Å². The molecular formula is C20H22F3N3O6. The van der Waals surface area contributed by atoms with Gasteiger partial charge in [0.25, 0.3) is 5.91 Å². The minimum atomic E-state index is -5.08. The second-order valence-electron chi connectivity index (χ2n) is 7.23. The zero-order chi connectivity index (χ0) is 23.9. The van der Waals surface area contributed by atoms with Gasteiger partial charge in [-0.05, 0) is 24.1 Å². The molecule has 32 heavy (non-hydrogen) atoms. The lowest BCUT2D eigenvalue weighted by molar-refractivity contribution is -0.192. The Hall–Kier alpha value is -3.41. The number of carbonyl (C=O) groups excluding carboxylic acids is 1. The molecular weight excluding hydrogens is 435 g/mol. The fourth-order valence-corrected chi connectivity index (χ4v) is 3.25. The first-order chi connectivity index (χ1) is 15.0. The summed E-state index contributed by atoms with van der Waals surface area (Å²) in [7, 11) is 1.48. The first-order valence-corrected chi connectivity index (χ1v) is 9.35. The molecule has 0 saturated carbocycles. The number of ether oxygens (including phenoxy) is 1. The third-order valence-electron chi connectivity index (χ3n) is 4.86. The number of aliphatic carboxylic acids is 2. The Kier molecular flexibility index (Phi) is 7.97. The quantitative estimate of drug-likeness (QED) is 0.681. The van der Waals surface area contributed by atoms with E-state index in [2.05, 4.69) is 4.98 Å². The predicted molar refractivity (Wildman–Crippen MR) is 104 cm³/mol. The Bertz CT molecular complexity index is 948. The SMILES string of the molecule is COCC1(C(=O)O)CCN(C(=O)c2cccc(Cn3ccnc3)c2)C1.O=C(O)C(F)(F)F. The van der Waals surface area contributed by atoms with E-state index >= 15 is 0 Å². The van der Waals surface area contributed by atoms with Gasteiger partial charge in [-0.3, -0.25) is 9.59 Å². The lowest BCUT2D eigenvalue weighted by atomic mass is 9.88. The molecule has 0 radical (unpaired) electrons. The number of halogens is 3. The van der Waals surface area contributed by atoms with Gasteiger partial charge < -0.3 is 24.4 Å². The number of benzene rings is 1. The molecule has 1 aromatic carbocycles. The molecule has 9 nitrogen and oxygen atoms in total. The van der Waals surface area contributed by atoms with Gasteiger partial charge in [0.05, 0.1) is 12.9 Å². The van der Waals surface area contributed by atoms with E-state index in [4.69, 9.17) is 14.6 Å². The monoisotopic (exact) mass is 457 g/mol. The minimum absolute atomic E-state index is 0.104. The van der Waals surface area contributed by atoms with Gasteiger partial charge in [-0.1, -0.05) is 12.1 Å². The third-order valence-corrected chi connectivity index (χ3v) is 4.86. The van der Waals surface area contributed by atoms with Crippen LogP contribution in [0, 0.1) is 5.41 Å². The van der Waals surface area contributed by atoms with Crippen molar-refractivity contribution < 1.29 is 42.5 Å². The molecule has 1 aliphatic rings. The van der Waals surface area contributed by atoms with Crippen LogP contribution in [0.5, 0.6) is 0 Å². The van der Waals surface area contributed by atoms with Crippen molar-refractivity contribution in [3.05, 3.63) is 54.1 Å². The Morgan fingerprint density at radius 2 is 1.94 bits per heavy atom. The topological polar surface area (TPSA) is 122 Å². The molecule has 2 heterocycles. The summed E-state index contributed by atoms with van der Waals surface area (Å²) in [6.45, 7) is 1.32. The number of imidazole rings is 1. The first-order valence-electron chi connectivity index (χ1n) is 9.35. The Morgan fingerprint density at radius 1 is 1.25 bits per heavy atom. The molecule has 1 unspecified atom stereocenters. The molecule has 0 aliphatic carbocycles. The number of hydrogen-bond donors (Lipinski definition) is 2. The smallest absolute Gasteiger partial charge is 0.481 e. The van der Waals surface area contributed by atoms with Crippen LogP contribution in [0.3, 0.4) is 0 Å². The summed E-state index contributed by atoms with van der Waals surface area (Å²) in [4.78, 5) is 38.9. The van der Waals surface area contributed by atoms with Crippen molar-refractivity contribution >= 4 is 17.8 Å². The van der Waals surface area contributed by atoms with Crippen LogP contribution in [0.15, 0.2) is 43.0 Å². The van der Waals surface area contributed by atoms with Crippen LogP contribution in [0.1, 0.15) is 22.3 Å². The number of carboxylic acid groups (broad SMARTS) is 2. The van der Waals surface area contributed by atoms with Crippen molar-refractivity contribution in [2.24, 2.45) is 5.41 Å². The summed E-state index contributed by atoms with van der Waals surface area (Å²) in [6, 6.07) is 7.40. The Labute approximate surface area is 181 Å². The van der Waals surface area contributed by atoms with E-state index in [9.17, 15) is 27.9 Å². The molecule has 2 N–H and O–H groups in total. The van der Waals surface area contributed by atoms with Crippen molar-refractivity contribution in [3.8, 4) is 0 Å². The van der Waals surface area contributed by atoms with E-state index in [1.54, 1.807) is 23.5 Å². The van der Waals surface area contributed by atoms with Crippen molar-refractivity contribution in [3.63, 3.8) is 0 Å². The maximum atomic E-state index is 12.8. The molecule has 0 bridgehead atoms. The van der Waals surface area contributed by atoms with Gasteiger partial charge in [-0.15, -0.1) is 0 Å². The molecule has 12 heteroatoms. The number of alkyl halides is 3. The van der Waals surface area contributed by atoms with E-state index in [1.807, 2.05) is 29.0 Å². The van der Waals surface area contributed by atoms with Crippen LogP contribution in [0.4, 0.5) is 13.2 Å². The highest BCUT2D eigenvalue weighted by Gasteiger charge is 2.46. The maximum Gasteiger partial charge on any atom is 0.490 e. The summed E-state index contributed by atoms with van der Waals surface area (Å²) in [5.41, 5.74) is 0.541. The number of likely N-dealkylation sites (tertiary alicyclic amines) is 1. The third kappa shape index (κ3) is 6.30. The second kappa shape index (κ2) is 10.3. The fraction of sp³-hybridized carbons (Fsp3) is 0.400. The normalized spacial score (nSPS) is 18.1. The van der Waals surface area contributed by atoms with Crippen LogP contribution in [0.2, 0.25) is 0 Å². The van der Waals surface area contributed by atoms with E-state index in [-0.39, 0.29) is 19.1 Å². The molecule has 0 spiro atoms. The van der Waals surface area contributed by atoms with Gasteiger partial charge in [0, 0.05) is 44.7 Å². The molecule has 1 aliphatic heterocycles. The number of aromatic nitrogens is 2. The maximum absolute atomic E-state index is 12.8. The van der Waals surface area contributed by atoms with E-state index < -0.39 is 23.5 Å². The predicted octanol–water partition coefficient (Wildman–Crippen LogP) is 2.13. The lowest BCUT2D eigenvalue weighted by Gasteiger charge is -2.24. The summed E-state index contributed by atoms with van der Waals surface area (Å²) in [6.07, 6.45) is 0.610. The highest BCUT2D eigenvalue weighted by atomic mass is 19.4. The number of hydrogen-bond acceptors (Lipinski definition) is 5. The number of amides is 1. The fourth-order valence-electron chi connectivity index (χ4n) is 3.25. The number of rotatable bonds is 6. The van der Waals surface area contributed by atoms with Crippen LogP contribution in [-0.2, 0) is 20.9 Å². The Balaban J connectivity index is 0.000000451. The zero-order valence-electron chi connectivity index (χ0n) is 17.1. The molecule has 3 rings (SSSR count). The molecule has 1 fully saturated rings. The van der Waals surface area contributed by atoms with E-state index in [1.165, 1.54) is 7.11 Å². The molecule has 174 valence electrons. The van der Waals surface area contributed by atoms with Gasteiger partial charge >= 0.3 is 18.1 Å². The van der Waals surface area contributed by atoms with Crippen molar-refractivity contribution in [2.75, 3.05) is 26.8 Å². The van der Waals surface area contributed by atoms with Crippen molar-refractivity contribution in [2.45, 2.75) is 19.1 Å². The van der Waals surface area contributed by atoms with Crippen LogP contribution in [-0.4, -0.2) is 75.5 Å². The summed E-state index contributed by atoms with van der Waals surface area (Å²) < 4.78 is 38.7. The van der Waals surface area contributed by atoms with Gasteiger partial charge in [0.2, 0.25) is 0 Å². The second-order valence-corrected chi connectivity index (χ2v) is 7.23. The number of methoxy groups -OCH3 is 1. The summed E-state index contributed by atoms with van der Waals surface area (Å²) in [5, 5.41) is 16.7. The summed E-state index contributed by atoms with van der Waals surface area (Å²) >= 11 is 0. The number of carboxylic acids is 2. The van der Waals surface area contributed by atoms with Gasteiger partial charge in [-0.2, -0.15) is 13.2 Å². The average molecular weight is 457 g/mol. The lowest BCUT2D eigenvalue weighted by Crippen LogP contribution is -2.40. The number of nitrogens with zero attached hydrogens (tertiary/aromatic N) is 3.